The second-order valence-corrected chi connectivity index (χ2v) is 8.34. The number of carbonyl (C=O) groups is 2. The molecule has 0 bridgehead atoms. The number of hydrogen-bond acceptors (Lipinski definition) is 6. The number of hydrogen-bond donors (Lipinski definition) is 2. The molecule has 0 amide bonds. The largest absolute Gasteiger partial charge is 0.345 e. The van der Waals surface area contributed by atoms with E-state index in [2.05, 4.69) is 50.8 Å². The quantitative estimate of drug-likeness (QED) is 0.655. The van der Waals surface area contributed by atoms with Crippen LogP contribution in [-0.4, -0.2) is 51.2 Å². The van der Waals surface area contributed by atoms with Crippen LogP contribution in [0.1, 0.15) is 70.5 Å². The second-order valence-electron chi connectivity index (χ2n) is 8.34. The average molecular weight is 429 g/mol. The minimum atomic E-state index is 0.461. The zero-order valence-corrected chi connectivity index (χ0v) is 19.0. The van der Waals surface area contributed by atoms with Gasteiger partial charge in [0.25, 0.3) is 0 Å². The van der Waals surface area contributed by atoms with E-state index in [4.69, 9.17) is 9.59 Å². The maximum Gasteiger partial charge on any atom is 0.179 e. The van der Waals surface area contributed by atoms with E-state index in [1.54, 1.807) is 6.20 Å². The molecule has 3 aromatic rings. The molecule has 2 saturated carbocycles. The number of H-pyrrole nitrogens is 1. The fourth-order valence-electron chi connectivity index (χ4n) is 4.90. The summed E-state index contributed by atoms with van der Waals surface area (Å²) < 4.78 is 2.17. The summed E-state index contributed by atoms with van der Waals surface area (Å²) in [4.78, 5) is 23.6. The Morgan fingerprint density at radius 2 is 1.87 bits per heavy atom. The first kappa shape index (κ1) is 24.7. The van der Waals surface area contributed by atoms with Gasteiger partial charge in [0.15, 0.2) is 11.3 Å². The Morgan fingerprint density at radius 3 is 2.45 bits per heavy atom. The van der Waals surface area contributed by atoms with Crippen LogP contribution in [0.3, 0.4) is 0 Å². The Hall–Kier alpha value is -2.61. The van der Waals surface area contributed by atoms with Gasteiger partial charge in [-0.25, -0.2) is 4.98 Å². The topological polar surface area (TPSA) is 105 Å². The number of nitrogens with one attached hydrogen (secondary N) is 2. The SMILES string of the molecule is C=O.C=O.CC1CCCC1.CC[C@H]1CC(NC)C[C@H]1c1nnc2cnc3[nH]ccc3n12. The molecule has 3 atom stereocenters. The highest BCUT2D eigenvalue weighted by atomic mass is 16.1. The molecule has 2 fully saturated rings. The van der Waals surface area contributed by atoms with E-state index in [0.717, 1.165) is 35.0 Å². The van der Waals surface area contributed by atoms with Crippen molar-refractivity contribution in [2.24, 2.45) is 11.8 Å². The highest BCUT2D eigenvalue weighted by Gasteiger charge is 2.36. The van der Waals surface area contributed by atoms with Gasteiger partial charge >= 0.3 is 0 Å². The lowest BCUT2D eigenvalue weighted by Crippen LogP contribution is -2.21. The number of fused-ring (bicyclic) bond motifs is 3. The third-order valence-electron chi connectivity index (χ3n) is 6.57. The van der Waals surface area contributed by atoms with Crippen LogP contribution in [0.15, 0.2) is 18.5 Å². The lowest BCUT2D eigenvalue weighted by molar-refractivity contribution is -0.0987. The summed E-state index contributed by atoms with van der Waals surface area (Å²) in [5, 5.41) is 12.3. The molecule has 8 heteroatoms. The number of carbonyl (C=O) groups excluding carboxylic acids is 2. The molecule has 0 radical (unpaired) electrons. The van der Waals surface area contributed by atoms with Crippen molar-refractivity contribution in [2.75, 3.05) is 7.05 Å². The van der Waals surface area contributed by atoms with Gasteiger partial charge in [0, 0.05) is 18.2 Å². The first-order valence-electron chi connectivity index (χ1n) is 11.1. The predicted octanol–water partition coefficient (Wildman–Crippen LogP) is 3.92. The summed E-state index contributed by atoms with van der Waals surface area (Å²) >= 11 is 0. The van der Waals surface area contributed by atoms with E-state index in [1.807, 2.05) is 25.8 Å². The minimum absolute atomic E-state index is 0.461. The van der Waals surface area contributed by atoms with Crippen molar-refractivity contribution in [1.82, 2.24) is 29.9 Å². The maximum atomic E-state index is 8.00. The van der Waals surface area contributed by atoms with Crippen LogP contribution in [0, 0.1) is 11.8 Å². The van der Waals surface area contributed by atoms with Crippen molar-refractivity contribution >= 4 is 30.4 Å². The van der Waals surface area contributed by atoms with E-state index >= 15 is 0 Å². The van der Waals surface area contributed by atoms with E-state index < -0.39 is 0 Å². The van der Waals surface area contributed by atoms with Crippen molar-refractivity contribution in [3.8, 4) is 0 Å². The Balaban J connectivity index is 0.000000289. The Kier molecular flexibility index (Phi) is 9.78. The minimum Gasteiger partial charge on any atom is -0.345 e. The maximum absolute atomic E-state index is 8.00. The van der Waals surface area contributed by atoms with Crippen LogP contribution in [0.2, 0.25) is 0 Å². The summed E-state index contributed by atoms with van der Waals surface area (Å²) in [5.41, 5.74) is 2.79. The van der Waals surface area contributed by atoms with Crippen LogP contribution in [-0.2, 0) is 9.59 Å². The van der Waals surface area contributed by atoms with E-state index in [9.17, 15) is 0 Å². The van der Waals surface area contributed by atoms with Gasteiger partial charge in [0.05, 0.1) is 11.7 Å². The molecule has 2 aliphatic carbocycles. The first-order valence-corrected chi connectivity index (χ1v) is 11.1. The van der Waals surface area contributed by atoms with Gasteiger partial charge in [-0.3, -0.25) is 4.40 Å². The molecular weight excluding hydrogens is 392 g/mol. The molecule has 5 rings (SSSR count). The van der Waals surface area contributed by atoms with E-state index in [1.165, 1.54) is 38.5 Å². The van der Waals surface area contributed by atoms with Crippen molar-refractivity contribution < 1.29 is 9.59 Å². The second kappa shape index (κ2) is 12.3. The number of rotatable bonds is 3. The highest BCUT2D eigenvalue weighted by molar-refractivity contribution is 5.74. The summed E-state index contributed by atoms with van der Waals surface area (Å²) in [5.74, 6) is 3.26. The molecule has 0 aliphatic heterocycles. The first-order chi connectivity index (χ1) is 15.2. The molecular formula is C23H36N6O2. The fourth-order valence-corrected chi connectivity index (χ4v) is 4.90. The Bertz CT molecular complexity index is 915. The molecule has 0 saturated heterocycles. The third-order valence-corrected chi connectivity index (χ3v) is 6.57. The van der Waals surface area contributed by atoms with Gasteiger partial charge < -0.3 is 19.9 Å². The molecule has 8 nitrogen and oxygen atoms in total. The molecule has 31 heavy (non-hydrogen) atoms. The summed E-state index contributed by atoms with van der Waals surface area (Å²) in [6.07, 6.45) is 13.2. The molecule has 3 aromatic heterocycles. The van der Waals surface area contributed by atoms with Gasteiger partial charge in [0.1, 0.15) is 19.4 Å². The number of aromatic amines is 1. The molecule has 2 N–H and O–H groups in total. The van der Waals surface area contributed by atoms with E-state index in [0.29, 0.717) is 17.9 Å². The molecule has 3 heterocycles. The molecule has 0 aromatic carbocycles. The molecule has 0 spiro atoms. The number of aromatic nitrogens is 5. The van der Waals surface area contributed by atoms with Crippen molar-refractivity contribution in [3.63, 3.8) is 0 Å². The van der Waals surface area contributed by atoms with Gasteiger partial charge in [0.2, 0.25) is 0 Å². The Labute approximate surface area is 184 Å². The van der Waals surface area contributed by atoms with Crippen molar-refractivity contribution in [2.45, 2.75) is 70.8 Å². The van der Waals surface area contributed by atoms with Crippen LogP contribution >= 0.6 is 0 Å². The summed E-state index contributed by atoms with van der Waals surface area (Å²) in [7, 11) is 2.05. The standard InChI is InChI=1S/C15H20N6.C6H12.2CH2O/c1-3-9-6-10(16-2)7-11(9)15-20-19-13-8-18-14-12(21(13)15)4-5-17-14;1-6-4-2-3-5-6;2*1-2/h4-5,8-11,16-17H,3,6-7H2,1-2H3;6H,2-5H2,1H3;2*1H2/t9-,10?,11+;;;/m0.../s1. The van der Waals surface area contributed by atoms with Gasteiger partial charge in [-0.05, 0) is 37.8 Å². The van der Waals surface area contributed by atoms with Crippen LogP contribution in [0.25, 0.3) is 16.8 Å². The van der Waals surface area contributed by atoms with Crippen molar-refractivity contribution in [1.29, 1.82) is 0 Å². The number of nitrogens with zero attached hydrogens (tertiary/aromatic N) is 4. The predicted molar refractivity (Wildman–Crippen MR) is 123 cm³/mol. The molecule has 1 unspecified atom stereocenters. The van der Waals surface area contributed by atoms with Crippen LogP contribution < -0.4 is 5.32 Å². The van der Waals surface area contributed by atoms with Crippen LogP contribution in [0.4, 0.5) is 0 Å². The van der Waals surface area contributed by atoms with Gasteiger partial charge in [-0.2, -0.15) is 0 Å². The normalized spacial score (nSPS) is 22.9. The summed E-state index contributed by atoms with van der Waals surface area (Å²) in [6.45, 7) is 8.61. The van der Waals surface area contributed by atoms with Gasteiger partial charge in [-0.1, -0.05) is 46.0 Å². The zero-order chi connectivity index (χ0) is 22.8. The smallest absolute Gasteiger partial charge is 0.179 e. The zero-order valence-electron chi connectivity index (χ0n) is 19.0. The lowest BCUT2D eigenvalue weighted by atomic mass is 9.93. The third kappa shape index (κ3) is 5.55. The van der Waals surface area contributed by atoms with Crippen molar-refractivity contribution in [3.05, 3.63) is 24.3 Å². The lowest BCUT2D eigenvalue weighted by Gasteiger charge is -2.16. The monoisotopic (exact) mass is 428 g/mol. The molecule has 2 aliphatic rings. The van der Waals surface area contributed by atoms with Crippen LogP contribution in [0.5, 0.6) is 0 Å². The highest BCUT2D eigenvalue weighted by Crippen LogP contribution is 2.41. The fraction of sp³-hybridized carbons (Fsp3) is 0.609. The average Bonchev–Trinajstić information content (AvgIpc) is 3.61. The van der Waals surface area contributed by atoms with Gasteiger partial charge in [-0.15, -0.1) is 10.2 Å². The Morgan fingerprint density at radius 1 is 1.16 bits per heavy atom. The molecule has 170 valence electrons. The van der Waals surface area contributed by atoms with E-state index in [-0.39, 0.29) is 0 Å². The summed E-state index contributed by atoms with van der Waals surface area (Å²) in [6, 6.07) is 2.63.